The number of carbonyl (C=O) groups excluding carboxylic acids is 1. The first kappa shape index (κ1) is 17.1. The number of carbonyl (C=O) groups is 1. The largest absolute Gasteiger partial charge is 0.493 e. The van der Waals surface area contributed by atoms with Crippen molar-refractivity contribution in [3.05, 3.63) is 28.3 Å². The Kier molecular flexibility index (Phi) is 5.78. The number of nitrogens with zero attached hydrogens (tertiary/aromatic N) is 1. The van der Waals surface area contributed by atoms with Crippen molar-refractivity contribution in [1.29, 1.82) is 0 Å². The van der Waals surface area contributed by atoms with E-state index < -0.39 is 11.0 Å². The summed E-state index contributed by atoms with van der Waals surface area (Å²) in [4.78, 5) is 22.6. The van der Waals surface area contributed by atoms with Crippen molar-refractivity contribution in [3.63, 3.8) is 0 Å². The van der Waals surface area contributed by atoms with Crippen LogP contribution in [-0.2, 0) is 4.79 Å². The smallest absolute Gasteiger partial charge is 0.273 e. The van der Waals surface area contributed by atoms with E-state index in [1.165, 1.54) is 31.7 Å². The normalized spacial score (nSPS) is 16.4. The molecule has 0 radical (unpaired) electrons. The molecule has 1 aromatic rings. The van der Waals surface area contributed by atoms with Gasteiger partial charge in [-0.1, -0.05) is 19.3 Å². The summed E-state index contributed by atoms with van der Waals surface area (Å²) in [5.41, 5.74) is -0.110. The summed E-state index contributed by atoms with van der Waals surface area (Å²) >= 11 is 0. The number of non-ortho nitro benzene ring substituents is 1. The van der Waals surface area contributed by atoms with E-state index in [9.17, 15) is 14.9 Å². The molecule has 126 valence electrons. The zero-order chi connectivity index (χ0) is 16.8. The van der Waals surface area contributed by atoms with Crippen LogP contribution in [0.5, 0.6) is 11.5 Å². The third kappa shape index (κ3) is 4.58. The molecule has 0 heterocycles. The van der Waals surface area contributed by atoms with E-state index in [1.54, 1.807) is 6.92 Å². The summed E-state index contributed by atoms with van der Waals surface area (Å²) in [5, 5.41) is 13.8. The van der Waals surface area contributed by atoms with Crippen LogP contribution in [0.4, 0.5) is 5.69 Å². The Labute approximate surface area is 135 Å². The van der Waals surface area contributed by atoms with Crippen LogP contribution in [-0.4, -0.2) is 30.1 Å². The van der Waals surface area contributed by atoms with Crippen LogP contribution in [0.15, 0.2) is 18.2 Å². The second-order valence-corrected chi connectivity index (χ2v) is 5.70. The fraction of sp³-hybridized carbons (Fsp3) is 0.562. The average Bonchev–Trinajstić information content (AvgIpc) is 2.55. The summed E-state index contributed by atoms with van der Waals surface area (Å²) in [5.74, 6) is 0.325. The minimum absolute atomic E-state index is 0.110. The van der Waals surface area contributed by atoms with Crippen LogP contribution in [0.2, 0.25) is 0 Å². The zero-order valence-corrected chi connectivity index (χ0v) is 13.4. The van der Waals surface area contributed by atoms with E-state index >= 15 is 0 Å². The van der Waals surface area contributed by atoms with Crippen molar-refractivity contribution in [2.45, 2.75) is 51.2 Å². The molecule has 0 aliphatic heterocycles. The standard InChI is InChI=1S/C16H22N2O5/c1-11(16(19)17-12-6-4-3-5-7-12)23-15-10-13(18(20)21)8-9-14(15)22-2/h8-12H,3-7H2,1-2H3,(H,17,19)/t11-/m0/s1. The van der Waals surface area contributed by atoms with Crippen LogP contribution in [0.3, 0.4) is 0 Å². The zero-order valence-electron chi connectivity index (χ0n) is 13.4. The molecule has 7 heteroatoms. The molecular weight excluding hydrogens is 300 g/mol. The van der Waals surface area contributed by atoms with Gasteiger partial charge in [0, 0.05) is 12.1 Å². The van der Waals surface area contributed by atoms with E-state index in [0.717, 1.165) is 25.7 Å². The van der Waals surface area contributed by atoms with Gasteiger partial charge in [0.15, 0.2) is 17.6 Å². The molecule has 0 spiro atoms. The van der Waals surface area contributed by atoms with Gasteiger partial charge in [-0.2, -0.15) is 0 Å². The number of nitro groups is 1. The van der Waals surface area contributed by atoms with Gasteiger partial charge in [-0.25, -0.2) is 0 Å². The van der Waals surface area contributed by atoms with Crippen molar-refractivity contribution < 1.29 is 19.2 Å². The third-order valence-electron chi connectivity index (χ3n) is 3.98. The lowest BCUT2D eigenvalue weighted by molar-refractivity contribution is -0.385. The lowest BCUT2D eigenvalue weighted by atomic mass is 9.95. The molecule has 0 aromatic heterocycles. The van der Waals surface area contributed by atoms with Crippen LogP contribution in [0, 0.1) is 10.1 Å². The number of nitrogens with one attached hydrogen (secondary N) is 1. The molecule has 1 aliphatic carbocycles. The van der Waals surface area contributed by atoms with Gasteiger partial charge in [-0.05, 0) is 25.8 Å². The molecule has 23 heavy (non-hydrogen) atoms. The van der Waals surface area contributed by atoms with Crippen molar-refractivity contribution >= 4 is 11.6 Å². The van der Waals surface area contributed by atoms with Crippen molar-refractivity contribution in [3.8, 4) is 11.5 Å². The summed E-state index contributed by atoms with van der Waals surface area (Å²) in [6, 6.07) is 4.25. The Morgan fingerprint density at radius 1 is 1.30 bits per heavy atom. The van der Waals surface area contributed by atoms with E-state index in [0.29, 0.717) is 5.75 Å². The molecule has 1 N–H and O–H groups in total. The van der Waals surface area contributed by atoms with Gasteiger partial charge in [0.25, 0.3) is 11.6 Å². The number of nitro benzene ring substituents is 1. The molecule has 1 aromatic carbocycles. The quantitative estimate of drug-likeness (QED) is 0.642. The highest BCUT2D eigenvalue weighted by Gasteiger charge is 2.22. The highest BCUT2D eigenvalue weighted by atomic mass is 16.6. The second-order valence-electron chi connectivity index (χ2n) is 5.70. The van der Waals surface area contributed by atoms with E-state index in [4.69, 9.17) is 9.47 Å². The number of hydrogen-bond acceptors (Lipinski definition) is 5. The fourth-order valence-electron chi connectivity index (χ4n) is 2.68. The first-order valence-electron chi connectivity index (χ1n) is 7.80. The maximum Gasteiger partial charge on any atom is 0.273 e. The second kappa shape index (κ2) is 7.80. The number of ether oxygens (including phenoxy) is 2. The molecule has 1 aliphatic rings. The van der Waals surface area contributed by atoms with Gasteiger partial charge >= 0.3 is 0 Å². The number of amides is 1. The maximum atomic E-state index is 12.2. The van der Waals surface area contributed by atoms with Crippen LogP contribution >= 0.6 is 0 Å². The van der Waals surface area contributed by atoms with E-state index in [1.807, 2.05) is 0 Å². The Hall–Kier alpha value is -2.31. The monoisotopic (exact) mass is 322 g/mol. The Morgan fingerprint density at radius 3 is 2.61 bits per heavy atom. The predicted molar refractivity (Wildman–Crippen MR) is 84.8 cm³/mol. The third-order valence-corrected chi connectivity index (χ3v) is 3.98. The molecule has 0 unspecified atom stereocenters. The van der Waals surface area contributed by atoms with Crippen LogP contribution in [0.1, 0.15) is 39.0 Å². The van der Waals surface area contributed by atoms with Gasteiger partial charge < -0.3 is 14.8 Å². The molecule has 1 amide bonds. The lowest BCUT2D eigenvalue weighted by Gasteiger charge is -2.24. The van der Waals surface area contributed by atoms with Crippen LogP contribution in [0.25, 0.3) is 0 Å². The molecule has 0 bridgehead atoms. The SMILES string of the molecule is COc1ccc([N+](=O)[O-])cc1O[C@@H](C)C(=O)NC1CCCCC1. The highest BCUT2D eigenvalue weighted by Crippen LogP contribution is 2.32. The van der Waals surface area contributed by atoms with Gasteiger partial charge in [0.2, 0.25) is 0 Å². The molecular formula is C16H22N2O5. The van der Waals surface area contributed by atoms with Crippen LogP contribution < -0.4 is 14.8 Å². The van der Waals surface area contributed by atoms with Gasteiger partial charge in [-0.3, -0.25) is 14.9 Å². The van der Waals surface area contributed by atoms with Crippen molar-refractivity contribution in [1.82, 2.24) is 5.32 Å². The number of hydrogen-bond donors (Lipinski definition) is 1. The summed E-state index contributed by atoms with van der Waals surface area (Å²) < 4.78 is 10.7. The molecule has 0 saturated heterocycles. The van der Waals surface area contributed by atoms with Crippen molar-refractivity contribution in [2.24, 2.45) is 0 Å². The number of rotatable bonds is 6. The predicted octanol–water partition coefficient (Wildman–Crippen LogP) is 2.82. The fourth-order valence-corrected chi connectivity index (χ4v) is 2.68. The van der Waals surface area contributed by atoms with Gasteiger partial charge in [0.05, 0.1) is 18.1 Å². The van der Waals surface area contributed by atoms with E-state index in [2.05, 4.69) is 5.32 Å². The van der Waals surface area contributed by atoms with Gasteiger partial charge in [0.1, 0.15) is 0 Å². The molecule has 7 nitrogen and oxygen atoms in total. The average molecular weight is 322 g/mol. The number of benzene rings is 1. The minimum Gasteiger partial charge on any atom is -0.493 e. The summed E-state index contributed by atoms with van der Waals surface area (Å²) in [6.07, 6.45) is 4.67. The Morgan fingerprint density at radius 2 is 2.00 bits per heavy atom. The summed E-state index contributed by atoms with van der Waals surface area (Å²) in [7, 11) is 1.45. The van der Waals surface area contributed by atoms with E-state index in [-0.39, 0.29) is 23.4 Å². The van der Waals surface area contributed by atoms with Crippen molar-refractivity contribution in [2.75, 3.05) is 7.11 Å². The Bertz CT molecular complexity index is 570. The summed E-state index contributed by atoms with van der Waals surface area (Å²) in [6.45, 7) is 1.62. The Balaban J connectivity index is 2.03. The first-order chi connectivity index (χ1) is 11.0. The van der Waals surface area contributed by atoms with Gasteiger partial charge in [-0.15, -0.1) is 0 Å². The molecule has 1 fully saturated rings. The molecule has 1 atom stereocenters. The first-order valence-corrected chi connectivity index (χ1v) is 7.80. The topological polar surface area (TPSA) is 90.7 Å². The maximum absolute atomic E-state index is 12.2. The number of methoxy groups -OCH3 is 1. The highest BCUT2D eigenvalue weighted by molar-refractivity contribution is 5.81. The molecule has 2 rings (SSSR count). The minimum atomic E-state index is -0.757. The lowest BCUT2D eigenvalue weighted by Crippen LogP contribution is -2.43. The molecule has 1 saturated carbocycles.